The molecule has 0 aliphatic heterocycles. The normalized spacial score (nSPS) is 14.3. The van der Waals surface area contributed by atoms with Gasteiger partial charge in [0.05, 0.1) is 4.88 Å². The second-order valence-electron chi connectivity index (χ2n) is 3.27. The van der Waals surface area contributed by atoms with E-state index in [4.69, 9.17) is 0 Å². The average molecular weight is 207 g/mol. The summed E-state index contributed by atoms with van der Waals surface area (Å²) in [6.45, 7) is 0. The molecule has 1 aromatic heterocycles. The minimum Gasteiger partial charge on any atom is -0.265 e. The van der Waals surface area contributed by atoms with E-state index in [0.29, 0.717) is 4.88 Å². The molecule has 0 fully saturated rings. The van der Waals surface area contributed by atoms with Gasteiger partial charge in [-0.1, -0.05) is 0 Å². The number of thiophene rings is 1. The fourth-order valence-corrected chi connectivity index (χ4v) is 2.83. The Bertz CT molecular complexity index is 392. The van der Waals surface area contributed by atoms with Crippen molar-refractivity contribution in [2.45, 2.75) is 25.7 Å². The predicted octanol–water partition coefficient (Wildman–Crippen LogP) is 2.10. The fraction of sp³-hybridized carbons (Fsp3) is 0.400. The van der Waals surface area contributed by atoms with Gasteiger partial charge in [-0.05, 0) is 37.3 Å². The number of aryl methyl sites for hydroxylation is 2. The summed E-state index contributed by atoms with van der Waals surface area (Å²) < 4.78 is 0. The lowest BCUT2D eigenvalue weighted by Gasteiger charge is -2.08. The number of isocyanates is 1. The molecule has 0 unspecified atom stereocenters. The van der Waals surface area contributed by atoms with Gasteiger partial charge in [-0.25, -0.2) is 4.79 Å². The van der Waals surface area contributed by atoms with E-state index >= 15 is 0 Å². The van der Waals surface area contributed by atoms with Crippen LogP contribution >= 0.6 is 11.3 Å². The van der Waals surface area contributed by atoms with Crippen molar-refractivity contribution in [2.75, 3.05) is 0 Å². The summed E-state index contributed by atoms with van der Waals surface area (Å²) in [7, 11) is 0. The van der Waals surface area contributed by atoms with Crippen LogP contribution in [0, 0.1) is 0 Å². The molecule has 72 valence electrons. The van der Waals surface area contributed by atoms with E-state index in [9.17, 15) is 9.59 Å². The molecule has 0 aromatic carbocycles. The van der Waals surface area contributed by atoms with Gasteiger partial charge in [-0.3, -0.25) is 4.79 Å². The fourth-order valence-electron chi connectivity index (χ4n) is 1.69. The first-order valence-corrected chi connectivity index (χ1v) is 5.36. The third-order valence-electron chi connectivity index (χ3n) is 2.35. The average Bonchev–Trinajstić information content (AvgIpc) is 2.61. The van der Waals surface area contributed by atoms with E-state index in [2.05, 4.69) is 4.99 Å². The van der Waals surface area contributed by atoms with E-state index < -0.39 is 5.91 Å². The summed E-state index contributed by atoms with van der Waals surface area (Å²) in [6.07, 6.45) is 5.76. The third-order valence-corrected chi connectivity index (χ3v) is 3.58. The van der Waals surface area contributed by atoms with Crippen molar-refractivity contribution in [1.82, 2.24) is 0 Å². The van der Waals surface area contributed by atoms with Gasteiger partial charge < -0.3 is 0 Å². The van der Waals surface area contributed by atoms with Crippen molar-refractivity contribution in [3.63, 3.8) is 0 Å². The monoisotopic (exact) mass is 207 g/mol. The highest BCUT2D eigenvalue weighted by Crippen LogP contribution is 2.29. The number of fused-ring (bicyclic) bond motifs is 1. The van der Waals surface area contributed by atoms with Gasteiger partial charge in [0, 0.05) is 4.88 Å². The zero-order valence-corrected chi connectivity index (χ0v) is 8.39. The summed E-state index contributed by atoms with van der Waals surface area (Å²) in [5.41, 5.74) is 1.26. The molecule has 4 heteroatoms. The van der Waals surface area contributed by atoms with Crippen LogP contribution in [0.4, 0.5) is 0 Å². The highest BCUT2D eigenvalue weighted by molar-refractivity contribution is 7.14. The Hall–Kier alpha value is -1.25. The van der Waals surface area contributed by atoms with Crippen LogP contribution in [0.1, 0.15) is 33.0 Å². The number of nitrogens with zero attached hydrogens (tertiary/aromatic N) is 1. The van der Waals surface area contributed by atoms with E-state index in [1.165, 1.54) is 40.7 Å². The van der Waals surface area contributed by atoms with Gasteiger partial charge in [0.2, 0.25) is 6.08 Å². The summed E-state index contributed by atoms with van der Waals surface area (Å²) in [6, 6.07) is 1.86. The molecule has 3 nitrogen and oxygen atoms in total. The number of hydrogen-bond donors (Lipinski definition) is 0. The van der Waals surface area contributed by atoms with Crippen molar-refractivity contribution >= 4 is 23.3 Å². The number of aliphatic imine (C=N–C) groups is 1. The number of hydrogen-bond acceptors (Lipinski definition) is 3. The van der Waals surface area contributed by atoms with Crippen molar-refractivity contribution in [2.24, 2.45) is 4.99 Å². The van der Waals surface area contributed by atoms with Gasteiger partial charge in [0.1, 0.15) is 0 Å². The van der Waals surface area contributed by atoms with Crippen molar-refractivity contribution in [3.8, 4) is 0 Å². The van der Waals surface area contributed by atoms with Crippen LogP contribution < -0.4 is 0 Å². The molecule has 0 N–H and O–H groups in total. The van der Waals surface area contributed by atoms with Crippen LogP contribution in [0.3, 0.4) is 0 Å². The van der Waals surface area contributed by atoms with E-state index in [1.54, 1.807) is 0 Å². The second kappa shape index (κ2) is 3.86. The summed E-state index contributed by atoms with van der Waals surface area (Å²) >= 11 is 1.46. The summed E-state index contributed by atoms with van der Waals surface area (Å²) in [5.74, 6) is -0.459. The Kier molecular flexibility index (Phi) is 2.57. The van der Waals surface area contributed by atoms with Crippen LogP contribution in [0.15, 0.2) is 11.1 Å². The Morgan fingerprint density at radius 1 is 1.43 bits per heavy atom. The molecule has 0 saturated carbocycles. The molecule has 1 aliphatic carbocycles. The van der Waals surface area contributed by atoms with Crippen molar-refractivity contribution in [3.05, 3.63) is 21.4 Å². The first-order chi connectivity index (χ1) is 6.81. The molecular formula is C10H9NO2S. The lowest BCUT2D eigenvalue weighted by Crippen LogP contribution is -1.96. The molecule has 2 rings (SSSR count). The molecule has 0 saturated heterocycles. The van der Waals surface area contributed by atoms with Crippen LogP contribution in [-0.4, -0.2) is 12.0 Å². The second-order valence-corrected chi connectivity index (χ2v) is 4.41. The lowest BCUT2D eigenvalue weighted by molar-refractivity contribution is 0.101. The number of carbonyl (C=O) groups is 1. The molecule has 1 aliphatic rings. The Balaban J connectivity index is 2.32. The Morgan fingerprint density at radius 2 is 2.21 bits per heavy atom. The first-order valence-electron chi connectivity index (χ1n) is 4.55. The summed E-state index contributed by atoms with van der Waals surface area (Å²) in [4.78, 5) is 26.1. The zero-order valence-electron chi connectivity index (χ0n) is 7.58. The quantitative estimate of drug-likeness (QED) is 0.523. The number of carbonyl (C=O) groups excluding carboxylic acids is 2. The van der Waals surface area contributed by atoms with Crippen LogP contribution in [0.5, 0.6) is 0 Å². The lowest BCUT2D eigenvalue weighted by atomic mass is 9.99. The van der Waals surface area contributed by atoms with Crippen LogP contribution in [0.2, 0.25) is 0 Å². The Labute approximate surface area is 85.5 Å². The largest absolute Gasteiger partial charge is 0.297 e. The van der Waals surface area contributed by atoms with Gasteiger partial charge in [0.15, 0.2) is 0 Å². The maximum atomic E-state index is 11.2. The third kappa shape index (κ3) is 1.67. The Morgan fingerprint density at radius 3 is 2.93 bits per heavy atom. The molecule has 0 radical (unpaired) electrons. The van der Waals surface area contributed by atoms with Gasteiger partial charge in [-0.15, -0.1) is 16.3 Å². The summed E-state index contributed by atoms with van der Waals surface area (Å²) in [5, 5.41) is 0. The number of amides is 1. The minimum atomic E-state index is -0.459. The van der Waals surface area contributed by atoms with Crippen molar-refractivity contribution < 1.29 is 9.59 Å². The van der Waals surface area contributed by atoms with Crippen LogP contribution in [-0.2, 0) is 17.6 Å². The molecule has 1 amide bonds. The van der Waals surface area contributed by atoms with E-state index in [0.717, 1.165) is 12.8 Å². The molecule has 0 spiro atoms. The maximum absolute atomic E-state index is 11.2. The topological polar surface area (TPSA) is 46.5 Å². The molecule has 1 aromatic rings. The maximum Gasteiger partial charge on any atom is 0.297 e. The molecule has 0 bridgehead atoms. The van der Waals surface area contributed by atoms with E-state index in [1.807, 2.05) is 6.07 Å². The van der Waals surface area contributed by atoms with Gasteiger partial charge >= 0.3 is 0 Å². The SMILES string of the molecule is O=C=NC(=O)c1cc2c(s1)CCCC2. The smallest absolute Gasteiger partial charge is 0.265 e. The molecule has 1 heterocycles. The molecule has 14 heavy (non-hydrogen) atoms. The van der Waals surface area contributed by atoms with E-state index in [-0.39, 0.29) is 0 Å². The van der Waals surface area contributed by atoms with Crippen molar-refractivity contribution in [1.29, 1.82) is 0 Å². The van der Waals surface area contributed by atoms with Crippen LogP contribution in [0.25, 0.3) is 0 Å². The number of rotatable bonds is 1. The van der Waals surface area contributed by atoms with Gasteiger partial charge in [0.25, 0.3) is 5.91 Å². The highest BCUT2D eigenvalue weighted by atomic mass is 32.1. The highest BCUT2D eigenvalue weighted by Gasteiger charge is 2.16. The first kappa shape index (κ1) is 9.31. The van der Waals surface area contributed by atoms with Gasteiger partial charge in [-0.2, -0.15) is 0 Å². The predicted molar refractivity (Wildman–Crippen MR) is 53.4 cm³/mol. The zero-order chi connectivity index (χ0) is 9.97. The molecule has 0 atom stereocenters. The standard InChI is InChI=1S/C10H9NO2S/c12-6-11-10(13)9-5-7-3-1-2-4-8(7)14-9/h5H,1-4H2. The minimum absolute atomic E-state index is 0.459. The molecular weight excluding hydrogens is 198 g/mol.